The summed E-state index contributed by atoms with van der Waals surface area (Å²) in [6.45, 7) is 2.79. The standard InChI is InChI=1S/C22H23N5O2/c28-22-26-21-20(27(22)14-15-4-2-1-3-5-15)19-16(12-24-21)6-7-18(25-19)13-23-17-8-10-29-11-9-17/h1-7,12,17,23H,8-11,13-14H2,(H,24,26,28). The second kappa shape index (κ2) is 7.77. The number of ether oxygens (including phenoxy) is 1. The van der Waals surface area contributed by atoms with Crippen LogP contribution < -0.4 is 11.0 Å². The lowest BCUT2D eigenvalue weighted by atomic mass is 10.1. The number of fused-ring (bicyclic) bond motifs is 3. The van der Waals surface area contributed by atoms with E-state index in [0.717, 1.165) is 53.7 Å². The van der Waals surface area contributed by atoms with Crippen molar-refractivity contribution >= 4 is 22.1 Å². The minimum absolute atomic E-state index is 0.170. The summed E-state index contributed by atoms with van der Waals surface area (Å²) in [6, 6.07) is 14.5. The van der Waals surface area contributed by atoms with E-state index in [4.69, 9.17) is 9.72 Å². The first-order valence-corrected chi connectivity index (χ1v) is 10.00. The zero-order valence-corrected chi connectivity index (χ0v) is 16.1. The van der Waals surface area contributed by atoms with Crippen LogP contribution in [0.2, 0.25) is 0 Å². The molecule has 7 heteroatoms. The topological polar surface area (TPSA) is 84.8 Å². The second-order valence-corrected chi connectivity index (χ2v) is 7.47. The van der Waals surface area contributed by atoms with E-state index in [0.29, 0.717) is 24.8 Å². The molecule has 0 radical (unpaired) electrons. The van der Waals surface area contributed by atoms with E-state index < -0.39 is 0 Å². The molecule has 0 spiro atoms. The van der Waals surface area contributed by atoms with Gasteiger partial charge in [0.15, 0.2) is 5.65 Å². The van der Waals surface area contributed by atoms with Crippen LogP contribution in [0.4, 0.5) is 0 Å². The van der Waals surface area contributed by atoms with Crippen LogP contribution in [0.15, 0.2) is 53.5 Å². The minimum Gasteiger partial charge on any atom is -0.381 e. The molecule has 7 nitrogen and oxygen atoms in total. The average Bonchev–Trinajstić information content (AvgIpc) is 3.09. The summed E-state index contributed by atoms with van der Waals surface area (Å²) < 4.78 is 7.15. The van der Waals surface area contributed by atoms with Gasteiger partial charge in [0.05, 0.1) is 17.8 Å². The van der Waals surface area contributed by atoms with Gasteiger partial charge in [-0.25, -0.2) is 14.8 Å². The maximum Gasteiger partial charge on any atom is 0.328 e. The van der Waals surface area contributed by atoms with Crippen LogP contribution in [0.25, 0.3) is 22.1 Å². The van der Waals surface area contributed by atoms with Gasteiger partial charge in [0.2, 0.25) is 0 Å². The molecule has 1 fully saturated rings. The third-order valence-corrected chi connectivity index (χ3v) is 5.48. The predicted octanol–water partition coefficient (Wildman–Crippen LogP) is 2.59. The van der Waals surface area contributed by atoms with Crippen LogP contribution in [0, 0.1) is 0 Å². The van der Waals surface area contributed by atoms with Crippen molar-refractivity contribution in [1.82, 2.24) is 24.8 Å². The molecule has 0 aliphatic carbocycles. The van der Waals surface area contributed by atoms with Gasteiger partial charge in [-0.1, -0.05) is 30.3 Å². The molecule has 1 aliphatic rings. The fourth-order valence-electron chi connectivity index (χ4n) is 3.89. The first kappa shape index (κ1) is 18.0. The maximum atomic E-state index is 12.6. The number of hydrogen-bond acceptors (Lipinski definition) is 5. The number of benzene rings is 1. The number of pyridine rings is 2. The first-order valence-electron chi connectivity index (χ1n) is 10.00. The van der Waals surface area contributed by atoms with E-state index in [1.807, 2.05) is 42.5 Å². The van der Waals surface area contributed by atoms with E-state index in [1.165, 1.54) is 0 Å². The van der Waals surface area contributed by atoms with Crippen LogP contribution in [-0.2, 0) is 17.8 Å². The third-order valence-electron chi connectivity index (χ3n) is 5.48. The van der Waals surface area contributed by atoms with Crippen LogP contribution >= 0.6 is 0 Å². The second-order valence-electron chi connectivity index (χ2n) is 7.47. The Morgan fingerprint density at radius 1 is 1.14 bits per heavy atom. The zero-order chi connectivity index (χ0) is 19.6. The Kier molecular flexibility index (Phi) is 4.83. The summed E-state index contributed by atoms with van der Waals surface area (Å²) in [5.74, 6) is 0. The normalized spacial score (nSPS) is 15.3. The van der Waals surface area contributed by atoms with Crippen molar-refractivity contribution in [2.45, 2.75) is 32.0 Å². The van der Waals surface area contributed by atoms with Gasteiger partial charge in [0.25, 0.3) is 0 Å². The molecule has 4 aromatic rings. The molecule has 3 aromatic heterocycles. The number of nitrogens with one attached hydrogen (secondary N) is 2. The summed E-state index contributed by atoms with van der Waals surface area (Å²) in [5, 5.41) is 4.50. The highest BCUT2D eigenvalue weighted by atomic mass is 16.5. The SMILES string of the molecule is O=c1[nH]c2ncc3ccc(CNC4CCOCC4)nc3c2n1Cc1ccccc1. The van der Waals surface area contributed by atoms with E-state index in [-0.39, 0.29) is 5.69 Å². The van der Waals surface area contributed by atoms with Crippen LogP contribution in [0.3, 0.4) is 0 Å². The minimum atomic E-state index is -0.170. The summed E-state index contributed by atoms with van der Waals surface area (Å²) in [6.07, 6.45) is 3.81. The summed E-state index contributed by atoms with van der Waals surface area (Å²) in [4.78, 5) is 24.8. The van der Waals surface area contributed by atoms with Gasteiger partial charge in [-0.15, -0.1) is 0 Å². The van der Waals surface area contributed by atoms with Gasteiger partial charge in [-0.2, -0.15) is 0 Å². The lowest BCUT2D eigenvalue weighted by Gasteiger charge is -2.23. The van der Waals surface area contributed by atoms with Crippen LogP contribution in [-0.4, -0.2) is 38.8 Å². The Hall–Kier alpha value is -3.03. The van der Waals surface area contributed by atoms with Crippen LogP contribution in [0.5, 0.6) is 0 Å². The highest BCUT2D eigenvalue weighted by Crippen LogP contribution is 2.21. The number of nitrogens with zero attached hydrogens (tertiary/aromatic N) is 3. The number of H-pyrrole nitrogens is 1. The van der Waals surface area contributed by atoms with Gasteiger partial charge >= 0.3 is 5.69 Å². The monoisotopic (exact) mass is 389 g/mol. The Morgan fingerprint density at radius 3 is 2.79 bits per heavy atom. The Labute approximate surface area is 167 Å². The Bertz CT molecular complexity index is 1190. The molecule has 0 unspecified atom stereocenters. The molecule has 5 rings (SSSR count). The zero-order valence-electron chi connectivity index (χ0n) is 16.1. The third kappa shape index (κ3) is 3.66. The van der Waals surface area contributed by atoms with Crippen LogP contribution in [0.1, 0.15) is 24.1 Å². The Balaban J connectivity index is 1.52. The molecule has 0 bridgehead atoms. The largest absolute Gasteiger partial charge is 0.381 e. The van der Waals surface area contributed by atoms with Crippen molar-refractivity contribution in [3.63, 3.8) is 0 Å². The highest BCUT2D eigenvalue weighted by molar-refractivity contribution is 5.99. The van der Waals surface area contributed by atoms with Gasteiger partial charge in [-0.05, 0) is 30.5 Å². The van der Waals surface area contributed by atoms with Crippen molar-refractivity contribution in [3.8, 4) is 0 Å². The lowest BCUT2D eigenvalue weighted by Crippen LogP contribution is -2.34. The van der Waals surface area contributed by atoms with E-state index in [2.05, 4.69) is 15.3 Å². The smallest absolute Gasteiger partial charge is 0.328 e. The Morgan fingerprint density at radius 2 is 1.97 bits per heavy atom. The molecule has 1 saturated heterocycles. The fourth-order valence-corrected chi connectivity index (χ4v) is 3.89. The average molecular weight is 389 g/mol. The van der Waals surface area contributed by atoms with Gasteiger partial charge in [0, 0.05) is 37.4 Å². The highest BCUT2D eigenvalue weighted by Gasteiger charge is 2.15. The number of imidazole rings is 1. The van der Waals surface area contributed by atoms with Gasteiger partial charge in [0.1, 0.15) is 5.52 Å². The summed E-state index contributed by atoms with van der Waals surface area (Å²) in [5.41, 5.74) is 3.97. The van der Waals surface area contributed by atoms with Crippen molar-refractivity contribution in [1.29, 1.82) is 0 Å². The number of hydrogen-bond donors (Lipinski definition) is 2. The molecule has 148 valence electrons. The fraction of sp³-hybridized carbons (Fsp3) is 0.318. The van der Waals surface area contributed by atoms with Gasteiger partial charge in [-0.3, -0.25) is 9.55 Å². The molecule has 2 N–H and O–H groups in total. The van der Waals surface area contributed by atoms with E-state index in [9.17, 15) is 4.79 Å². The molecule has 1 aliphatic heterocycles. The first-order chi connectivity index (χ1) is 14.3. The predicted molar refractivity (Wildman–Crippen MR) is 112 cm³/mol. The van der Waals surface area contributed by atoms with Crippen molar-refractivity contribution in [3.05, 3.63) is 70.4 Å². The number of rotatable bonds is 5. The summed E-state index contributed by atoms with van der Waals surface area (Å²) in [7, 11) is 0. The molecule has 0 saturated carbocycles. The molecule has 1 aromatic carbocycles. The lowest BCUT2D eigenvalue weighted by molar-refractivity contribution is 0.0775. The molecular weight excluding hydrogens is 366 g/mol. The van der Waals surface area contributed by atoms with E-state index in [1.54, 1.807) is 10.8 Å². The number of aromatic nitrogens is 4. The molecule has 4 heterocycles. The van der Waals surface area contributed by atoms with Crippen molar-refractivity contribution in [2.75, 3.05) is 13.2 Å². The molecular formula is C22H23N5O2. The molecule has 0 amide bonds. The molecule has 29 heavy (non-hydrogen) atoms. The van der Waals surface area contributed by atoms with Crippen molar-refractivity contribution in [2.24, 2.45) is 0 Å². The summed E-state index contributed by atoms with van der Waals surface area (Å²) >= 11 is 0. The number of aromatic amines is 1. The van der Waals surface area contributed by atoms with Crippen molar-refractivity contribution < 1.29 is 4.74 Å². The van der Waals surface area contributed by atoms with E-state index >= 15 is 0 Å². The quantitative estimate of drug-likeness (QED) is 0.548. The molecule has 0 atom stereocenters. The van der Waals surface area contributed by atoms with Gasteiger partial charge < -0.3 is 10.1 Å². The maximum absolute atomic E-state index is 12.6.